The molecular formula is C6H11NO2. The molecule has 0 amide bonds. The number of allylic oxidation sites excluding steroid dienone is 1. The second kappa shape index (κ2) is 5.34. The van der Waals surface area contributed by atoms with E-state index < -0.39 is 0 Å². The Hall–Kier alpha value is -0.800. The molecule has 0 saturated carbocycles. The predicted molar refractivity (Wildman–Crippen MR) is 35.3 cm³/mol. The molecule has 0 unspecified atom stereocenters. The predicted octanol–water partition coefficient (Wildman–Crippen LogP) is 0.329. The van der Waals surface area contributed by atoms with Crippen LogP contribution in [-0.2, 0) is 4.84 Å². The second-order valence-electron chi connectivity index (χ2n) is 1.46. The first-order valence-electron chi connectivity index (χ1n) is 2.63. The van der Waals surface area contributed by atoms with Crippen LogP contribution in [0.4, 0.5) is 0 Å². The van der Waals surface area contributed by atoms with Crippen LogP contribution in [0, 0.1) is 0 Å². The van der Waals surface area contributed by atoms with E-state index in [1.807, 2.05) is 6.92 Å². The van der Waals surface area contributed by atoms with Crippen LogP contribution in [0.25, 0.3) is 0 Å². The average molecular weight is 129 g/mol. The molecule has 0 aromatic heterocycles. The van der Waals surface area contributed by atoms with Gasteiger partial charge in [0.1, 0.15) is 6.26 Å². The van der Waals surface area contributed by atoms with Gasteiger partial charge in [-0.25, -0.2) is 0 Å². The highest BCUT2D eigenvalue weighted by molar-refractivity contribution is 5.16. The quantitative estimate of drug-likeness (QED) is 0.328. The summed E-state index contributed by atoms with van der Waals surface area (Å²) in [6.07, 6.45) is 4.68. The van der Waals surface area contributed by atoms with Gasteiger partial charge in [-0.1, -0.05) is 6.08 Å². The molecule has 0 saturated heterocycles. The summed E-state index contributed by atoms with van der Waals surface area (Å²) in [5, 5.41) is 8.54. The third-order valence-corrected chi connectivity index (χ3v) is 0.914. The maximum absolute atomic E-state index is 8.54. The van der Waals surface area contributed by atoms with Crippen molar-refractivity contribution in [2.75, 3.05) is 6.61 Å². The topological polar surface area (TPSA) is 55.5 Å². The Kier molecular flexibility index (Phi) is 4.86. The smallest absolute Gasteiger partial charge is 0.111 e. The van der Waals surface area contributed by atoms with Crippen LogP contribution in [0.5, 0.6) is 0 Å². The molecule has 0 radical (unpaired) electrons. The van der Waals surface area contributed by atoms with Crippen LogP contribution in [0.15, 0.2) is 24.0 Å². The summed E-state index contributed by atoms with van der Waals surface area (Å²) in [6.45, 7) is 1.84. The van der Waals surface area contributed by atoms with E-state index in [2.05, 4.69) is 4.84 Å². The van der Waals surface area contributed by atoms with Gasteiger partial charge >= 0.3 is 0 Å². The normalized spacial score (nSPS) is 12.6. The molecule has 0 aliphatic rings. The minimum Gasteiger partial charge on any atom is -0.419 e. The number of aliphatic hydroxyl groups excluding tert-OH is 1. The van der Waals surface area contributed by atoms with Gasteiger partial charge in [0.15, 0.2) is 0 Å². The molecular weight excluding hydrogens is 118 g/mol. The number of nitrogens with two attached hydrogens (primary N) is 1. The van der Waals surface area contributed by atoms with Gasteiger partial charge in [-0.15, -0.1) is 0 Å². The molecule has 3 nitrogen and oxygen atoms in total. The van der Waals surface area contributed by atoms with E-state index in [-0.39, 0.29) is 6.61 Å². The number of hydrogen-bond acceptors (Lipinski definition) is 3. The molecule has 0 aliphatic carbocycles. The summed E-state index contributed by atoms with van der Waals surface area (Å²) in [5.74, 6) is 4.69. The lowest BCUT2D eigenvalue weighted by Crippen LogP contribution is -1.90. The minimum absolute atomic E-state index is 0.0103. The van der Waals surface area contributed by atoms with E-state index in [1.54, 1.807) is 12.2 Å². The molecule has 0 rings (SSSR count). The molecule has 0 aliphatic heterocycles. The van der Waals surface area contributed by atoms with Crippen molar-refractivity contribution in [2.45, 2.75) is 6.92 Å². The lowest BCUT2D eigenvalue weighted by atomic mass is 10.3. The van der Waals surface area contributed by atoms with E-state index in [9.17, 15) is 0 Å². The number of rotatable bonds is 3. The van der Waals surface area contributed by atoms with Crippen molar-refractivity contribution in [1.82, 2.24) is 0 Å². The van der Waals surface area contributed by atoms with E-state index >= 15 is 0 Å². The molecule has 0 fully saturated rings. The first-order chi connectivity index (χ1) is 4.35. The van der Waals surface area contributed by atoms with Crippen LogP contribution >= 0.6 is 0 Å². The minimum atomic E-state index is 0.0103. The maximum atomic E-state index is 8.54. The molecule has 0 atom stereocenters. The van der Waals surface area contributed by atoms with Crippen molar-refractivity contribution < 1.29 is 9.94 Å². The molecule has 3 heteroatoms. The fraction of sp³-hybridized carbons (Fsp3) is 0.333. The standard InChI is InChI=1S/C6H11NO2/c1-2-6(5-8)3-4-9-7/h2-4,8H,5,7H2,1H3/b4-3-,6-2+. The van der Waals surface area contributed by atoms with Crippen LogP contribution in [0.2, 0.25) is 0 Å². The average Bonchev–Trinajstić information content (AvgIpc) is 1.91. The highest BCUT2D eigenvalue weighted by Crippen LogP contribution is 1.92. The molecule has 0 aromatic rings. The van der Waals surface area contributed by atoms with E-state index in [0.29, 0.717) is 0 Å². The van der Waals surface area contributed by atoms with E-state index in [0.717, 1.165) is 5.57 Å². The molecule has 0 bridgehead atoms. The first-order valence-corrected chi connectivity index (χ1v) is 2.63. The van der Waals surface area contributed by atoms with Crippen LogP contribution in [0.3, 0.4) is 0 Å². The molecule has 3 N–H and O–H groups in total. The Balaban J connectivity index is 3.70. The van der Waals surface area contributed by atoms with Gasteiger partial charge in [0.05, 0.1) is 6.61 Å². The Morgan fingerprint density at radius 2 is 2.44 bits per heavy atom. The second-order valence-corrected chi connectivity index (χ2v) is 1.46. The van der Waals surface area contributed by atoms with Crippen molar-refractivity contribution in [1.29, 1.82) is 0 Å². The summed E-state index contributed by atoms with van der Waals surface area (Å²) >= 11 is 0. The Morgan fingerprint density at radius 3 is 2.78 bits per heavy atom. The highest BCUT2D eigenvalue weighted by atomic mass is 16.6. The summed E-state index contributed by atoms with van der Waals surface area (Å²) in [5.41, 5.74) is 0.778. The van der Waals surface area contributed by atoms with Gasteiger partial charge in [-0.2, -0.15) is 5.90 Å². The zero-order valence-electron chi connectivity index (χ0n) is 5.37. The maximum Gasteiger partial charge on any atom is 0.111 e. The Bertz CT molecular complexity index is 118. The fourth-order valence-electron chi connectivity index (χ4n) is 0.367. The third-order valence-electron chi connectivity index (χ3n) is 0.914. The van der Waals surface area contributed by atoms with Crippen LogP contribution in [-0.4, -0.2) is 11.7 Å². The van der Waals surface area contributed by atoms with Crippen molar-refractivity contribution >= 4 is 0 Å². The van der Waals surface area contributed by atoms with Gasteiger partial charge in [0, 0.05) is 0 Å². The third kappa shape index (κ3) is 3.76. The summed E-state index contributed by atoms with van der Waals surface area (Å²) in [7, 11) is 0. The summed E-state index contributed by atoms with van der Waals surface area (Å²) in [6, 6.07) is 0. The molecule has 0 spiro atoms. The highest BCUT2D eigenvalue weighted by Gasteiger charge is 1.83. The van der Waals surface area contributed by atoms with Crippen molar-refractivity contribution in [2.24, 2.45) is 5.90 Å². The van der Waals surface area contributed by atoms with Gasteiger partial charge in [-0.3, -0.25) is 0 Å². The zero-order valence-corrected chi connectivity index (χ0v) is 5.37. The van der Waals surface area contributed by atoms with Gasteiger partial charge in [0.25, 0.3) is 0 Å². The van der Waals surface area contributed by atoms with E-state index in [1.165, 1.54) is 6.26 Å². The first kappa shape index (κ1) is 8.20. The fourth-order valence-corrected chi connectivity index (χ4v) is 0.367. The molecule has 52 valence electrons. The molecule has 0 heterocycles. The lowest BCUT2D eigenvalue weighted by molar-refractivity contribution is 0.260. The lowest BCUT2D eigenvalue weighted by Gasteiger charge is -1.91. The van der Waals surface area contributed by atoms with Crippen molar-refractivity contribution in [3.05, 3.63) is 24.0 Å². The van der Waals surface area contributed by atoms with Crippen molar-refractivity contribution in [3.8, 4) is 0 Å². The molecule has 0 aromatic carbocycles. The van der Waals surface area contributed by atoms with Gasteiger partial charge in [0.2, 0.25) is 0 Å². The number of aliphatic hydroxyl groups is 1. The summed E-state index contributed by atoms with van der Waals surface area (Å²) in [4.78, 5) is 4.14. The van der Waals surface area contributed by atoms with Crippen LogP contribution < -0.4 is 5.90 Å². The van der Waals surface area contributed by atoms with Crippen molar-refractivity contribution in [3.63, 3.8) is 0 Å². The Morgan fingerprint density at radius 1 is 1.78 bits per heavy atom. The van der Waals surface area contributed by atoms with Gasteiger partial charge < -0.3 is 9.94 Å². The molecule has 9 heavy (non-hydrogen) atoms. The zero-order chi connectivity index (χ0) is 7.11. The SMILES string of the molecule is C/C=C(\C=C/ON)CO. The largest absolute Gasteiger partial charge is 0.419 e. The monoisotopic (exact) mass is 129 g/mol. The van der Waals surface area contributed by atoms with Gasteiger partial charge in [-0.05, 0) is 18.6 Å². The summed E-state index contributed by atoms with van der Waals surface area (Å²) < 4.78 is 0. The van der Waals surface area contributed by atoms with E-state index in [4.69, 9.17) is 11.0 Å². The van der Waals surface area contributed by atoms with Crippen LogP contribution in [0.1, 0.15) is 6.92 Å². The Labute approximate surface area is 54.4 Å². The number of hydrogen-bond donors (Lipinski definition) is 2.